The topological polar surface area (TPSA) is 86.0 Å². The van der Waals surface area contributed by atoms with Crippen molar-refractivity contribution in [3.63, 3.8) is 0 Å². The van der Waals surface area contributed by atoms with Crippen molar-refractivity contribution in [1.29, 1.82) is 0 Å². The van der Waals surface area contributed by atoms with Crippen LogP contribution >= 0.6 is 0 Å². The van der Waals surface area contributed by atoms with Gasteiger partial charge in [0.05, 0.1) is 6.21 Å². The van der Waals surface area contributed by atoms with Crippen molar-refractivity contribution >= 4 is 12.2 Å². The van der Waals surface area contributed by atoms with Crippen LogP contribution < -0.4 is 16.2 Å². The minimum atomic E-state index is -0.609. The van der Waals surface area contributed by atoms with Crippen LogP contribution in [0.25, 0.3) is 0 Å². The van der Waals surface area contributed by atoms with Crippen molar-refractivity contribution in [2.45, 2.75) is 6.61 Å². The lowest BCUT2D eigenvalue weighted by atomic mass is 10.1. The maximum atomic E-state index is 13.4. The Kier molecular flexibility index (Phi) is 5.02. The first kappa shape index (κ1) is 15.4. The fourth-order valence-electron chi connectivity index (χ4n) is 1.61. The van der Waals surface area contributed by atoms with E-state index in [0.29, 0.717) is 0 Å². The molecule has 114 valence electrons. The van der Waals surface area contributed by atoms with Gasteiger partial charge >= 0.3 is 0 Å². The molecule has 22 heavy (non-hydrogen) atoms. The third kappa shape index (κ3) is 4.55. The Hall–Kier alpha value is -2.96. The van der Waals surface area contributed by atoms with E-state index >= 15 is 0 Å². The number of guanidine groups is 1. The first-order chi connectivity index (χ1) is 10.5. The Bertz CT molecular complexity index is 695. The number of rotatable bonds is 5. The van der Waals surface area contributed by atoms with E-state index in [1.165, 1.54) is 6.21 Å². The number of halogens is 2. The molecule has 0 aliphatic carbocycles. The standard InChI is InChI=1S/C15H14F2N4O/c16-12-5-6-13(17)14(7-12)22-9-11-3-1-10(2-4-11)8-20-21-15(18)19/h1-8H,9H2,(H4,18,19,21). The lowest BCUT2D eigenvalue weighted by molar-refractivity contribution is 0.288. The molecular formula is C15H14F2N4O. The van der Waals surface area contributed by atoms with Crippen molar-refractivity contribution in [2.75, 3.05) is 0 Å². The molecule has 0 unspecified atom stereocenters. The summed E-state index contributed by atoms with van der Waals surface area (Å²) in [5, 5.41) is 7.15. The van der Waals surface area contributed by atoms with Gasteiger partial charge in [-0.15, -0.1) is 5.10 Å². The van der Waals surface area contributed by atoms with Crippen LogP contribution in [0.2, 0.25) is 0 Å². The van der Waals surface area contributed by atoms with Crippen LogP contribution in [0.1, 0.15) is 11.1 Å². The second kappa shape index (κ2) is 7.16. The summed E-state index contributed by atoms with van der Waals surface area (Å²) in [6.45, 7) is 0.117. The third-order valence-corrected chi connectivity index (χ3v) is 2.65. The van der Waals surface area contributed by atoms with Gasteiger partial charge in [0.25, 0.3) is 0 Å². The molecule has 0 atom stereocenters. The van der Waals surface area contributed by atoms with E-state index in [-0.39, 0.29) is 18.3 Å². The molecule has 0 saturated carbocycles. The minimum absolute atomic E-state index is 0.117. The SMILES string of the molecule is NC(N)=NN=Cc1ccc(COc2cc(F)ccc2F)cc1. The zero-order valence-electron chi connectivity index (χ0n) is 11.5. The molecule has 0 aromatic heterocycles. The summed E-state index contributed by atoms with van der Waals surface area (Å²) in [7, 11) is 0. The van der Waals surface area contributed by atoms with Crippen molar-refractivity contribution in [3.05, 3.63) is 65.2 Å². The molecule has 0 spiro atoms. The highest BCUT2D eigenvalue weighted by Gasteiger charge is 2.05. The number of hydrogen-bond donors (Lipinski definition) is 2. The number of nitrogens with two attached hydrogens (primary N) is 2. The molecule has 4 N–H and O–H groups in total. The summed E-state index contributed by atoms with van der Waals surface area (Å²) in [6.07, 6.45) is 1.48. The fraction of sp³-hybridized carbons (Fsp3) is 0.0667. The average molecular weight is 304 g/mol. The van der Waals surface area contributed by atoms with Crippen LogP contribution in [-0.2, 0) is 6.61 Å². The van der Waals surface area contributed by atoms with E-state index in [0.717, 1.165) is 29.3 Å². The summed E-state index contributed by atoms with van der Waals surface area (Å²) in [6, 6.07) is 10.1. The molecule has 0 bridgehead atoms. The van der Waals surface area contributed by atoms with Crippen LogP contribution in [0.5, 0.6) is 5.75 Å². The average Bonchev–Trinajstić information content (AvgIpc) is 2.49. The molecule has 2 aromatic rings. The predicted octanol–water partition coefficient (Wildman–Crippen LogP) is 2.15. The molecule has 0 radical (unpaired) electrons. The molecule has 0 saturated heterocycles. The van der Waals surface area contributed by atoms with Gasteiger partial charge in [-0.2, -0.15) is 5.10 Å². The van der Waals surface area contributed by atoms with Gasteiger partial charge in [-0.3, -0.25) is 0 Å². The lowest BCUT2D eigenvalue weighted by Gasteiger charge is -2.07. The fourth-order valence-corrected chi connectivity index (χ4v) is 1.61. The van der Waals surface area contributed by atoms with E-state index in [1.807, 2.05) is 0 Å². The minimum Gasteiger partial charge on any atom is -0.486 e. The summed E-state index contributed by atoms with van der Waals surface area (Å²) < 4.78 is 31.7. The zero-order valence-corrected chi connectivity index (χ0v) is 11.5. The Labute approximate surface area is 125 Å². The predicted molar refractivity (Wildman–Crippen MR) is 80.5 cm³/mol. The van der Waals surface area contributed by atoms with E-state index in [9.17, 15) is 8.78 Å². The Morgan fingerprint density at radius 2 is 1.82 bits per heavy atom. The van der Waals surface area contributed by atoms with Gasteiger partial charge in [-0.25, -0.2) is 8.78 Å². The Morgan fingerprint density at radius 3 is 2.50 bits per heavy atom. The summed E-state index contributed by atoms with van der Waals surface area (Å²) in [5.41, 5.74) is 11.9. The molecule has 0 fully saturated rings. The molecule has 0 amide bonds. The summed E-state index contributed by atoms with van der Waals surface area (Å²) in [4.78, 5) is 0. The highest BCUT2D eigenvalue weighted by atomic mass is 19.1. The van der Waals surface area contributed by atoms with Crippen LogP contribution in [0.4, 0.5) is 8.78 Å². The first-order valence-corrected chi connectivity index (χ1v) is 6.33. The van der Waals surface area contributed by atoms with Gasteiger partial charge in [0.15, 0.2) is 11.6 Å². The number of benzene rings is 2. The van der Waals surface area contributed by atoms with Gasteiger partial charge < -0.3 is 16.2 Å². The van der Waals surface area contributed by atoms with Gasteiger partial charge in [-0.1, -0.05) is 24.3 Å². The van der Waals surface area contributed by atoms with Crippen molar-refractivity contribution in [2.24, 2.45) is 21.7 Å². The molecule has 0 aliphatic heterocycles. The van der Waals surface area contributed by atoms with E-state index < -0.39 is 11.6 Å². The number of hydrogen-bond acceptors (Lipinski definition) is 3. The second-order valence-electron chi connectivity index (χ2n) is 4.37. The van der Waals surface area contributed by atoms with E-state index in [4.69, 9.17) is 16.2 Å². The maximum Gasteiger partial charge on any atom is 0.211 e. The van der Waals surface area contributed by atoms with Gasteiger partial charge in [0.2, 0.25) is 5.96 Å². The molecular weight excluding hydrogens is 290 g/mol. The van der Waals surface area contributed by atoms with Gasteiger partial charge in [0, 0.05) is 6.07 Å². The smallest absolute Gasteiger partial charge is 0.211 e. The van der Waals surface area contributed by atoms with Gasteiger partial charge in [-0.05, 0) is 23.3 Å². The Morgan fingerprint density at radius 1 is 1.09 bits per heavy atom. The van der Waals surface area contributed by atoms with Crippen LogP contribution in [0.15, 0.2) is 52.7 Å². The van der Waals surface area contributed by atoms with Crippen LogP contribution in [0.3, 0.4) is 0 Å². The number of nitrogens with zero attached hydrogens (tertiary/aromatic N) is 2. The maximum absolute atomic E-state index is 13.4. The highest BCUT2D eigenvalue weighted by molar-refractivity contribution is 5.81. The normalized spacial score (nSPS) is 10.6. The molecule has 7 heteroatoms. The molecule has 0 heterocycles. The third-order valence-electron chi connectivity index (χ3n) is 2.65. The molecule has 2 aromatic carbocycles. The summed E-state index contributed by atoms with van der Waals surface area (Å²) >= 11 is 0. The van der Waals surface area contributed by atoms with Crippen LogP contribution in [-0.4, -0.2) is 12.2 Å². The molecule has 0 aliphatic rings. The van der Waals surface area contributed by atoms with E-state index in [2.05, 4.69) is 10.2 Å². The Balaban J connectivity index is 1.98. The van der Waals surface area contributed by atoms with Crippen molar-refractivity contribution in [1.82, 2.24) is 0 Å². The largest absolute Gasteiger partial charge is 0.486 e. The van der Waals surface area contributed by atoms with E-state index in [1.54, 1.807) is 24.3 Å². The monoisotopic (exact) mass is 304 g/mol. The lowest BCUT2D eigenvalue weighted by Crippen LogP contribution is -2.21. The number of ether oxygens (including phenoxy) is 1. The van der Waals surface area contributed by atoms with Crippen LogP contribution in [0, 0.1) is 11.6 Å². The van der Waals surface area contributed by atoms with Crippen molar-refractivity contribution < 1.29 is 13.5 Å². The summed E-state index contributed by atoms with van der Waals surface area (Å²) in [5.74, 6) is -1.41. The molecule has 5 nitrogen and oxygen atoms in total. The van der Waals surface area contributed by atoms with Crippen molar-refractivity contribution in [3.8, 4) is 5.75 Å². The molecule has 2 rings (SSSR count). The van der Waals surface area contributed by atoms with Gasteiger partial charge in [0.1, 0.15) is 12.4 Å². The first-order valence-electron chi connectivity index (χ1n) is 6.33. The highest BCUT2D eigenvalue weighted by Crippen LogP contribution is 2.19. The zero-order chi connectivity index (χ0) is 15.9. The quantitative estimate of drug-likeness (QED) is 0.504. The second-order valence-corrected chi connectivity index (χ2v) is 4.37.